The number of halogens is 1. The summed E-state index contributed by atoms with van der Waals surface area (Å²) in [5, 5.41) is 2.86. The van der Waals surface area contributed by atoms with E-state index in [1.807, 2.05) is 30.3 Å². The molecule has 1 amide bonds. The second-order valence-electron chi connectivity index (χ2n) is 7.58. The van der Waals surface area contributed by atoms with Crippen LogP contribution in [0.2, 0.25) is 0 Å². The van der Waals surface area contributed by atoms with Gasteiger partial charge in [0, 0.05) is 18.8 Å². The van der Waals surface area contributed by atoms with E-state index in [0.29, 0.717) is 36.6 Å². The first kappa shape index (κ1) is 22.0. The van der Waals surface area contributed by atoms with E-state index in [-0.39, 0.29) is 17.3 Å². The Bertz CT molecular complexity index is 1170. The van der Waals surface area contributed by atoms with Gasteiger partial charge in [-0.05, 0) is 73.5 Å². The second-order valence-corrected chi connectivity index (χ2v) is 9.52. The van der Waals surface area contributed by atoms with Crippen LogP contribution in [-0.2, 0) is 14.8 Å². The van der Waals surface area contributed by atoms with Gasteiger partial charge in [0.05, 0.1) is 10.8 Å². The molecule has 1 atom stereocenters. The van der Waals surface area contributed by atoms with Crippen LogP contribution < -0.4 is 10.1 Å². The fraction of sp³-hybridized carbons (Fsp3) is 0.208. The topological polar surface area (TPSA) is 75.7 Å². The SMILES string of the molecule is O=C(Nc1ccc(Oc2ccccc2)cc1)[C@@H]1CCCN(S(=O)(=O)c2ccc(F)cc2)C1. The van der Waals surface area contributed by atoms with E-state index in [9.17, 15) is 17.6 Å². The highest BCUT2D eigenvalue weighted by Crippen LogP contribution is 2.26. The molecule has 0 radical (unpaired) electrons. The number of sulfonamides is 1. The molecule has 0 aliphatic carbocycles. The monoisotopic (exact) mass is 454 g/mol. The first-order chi connectivity index (χ1) is 15.4. The van der Waals surface area contributed by atoms with E-state index < -0.39 is 21.8 Å². The zero-order chi connectivity index (χ0) is 22.6. The second kappa shape index (κ2) is 9.50. The highest BCUT2D eigenvalue weighted by molar-refractivity contribution is 7.89. The van der Waals surface area contributed by atoms with Gasteiger partial charge in [0.1, 0.15) is 17.3 Å². The average molecular weight is 455 g/mol. The molecule has 0 saturated carbocycles. The summed E-state index contributed by atoms with van der Waals surface area (Å²) in [6.07, 6.45) is 1.17. The van der Waals surface area contributed by atoms with E-state index in [1.54, 1.807) is 24.3 Å². The Morgan fingerprint density at radius 1 is 0.938 bits per heavy atom. The number of carbonyl (C=O) groups excluding carboxylic acids is 1. The van der Waals surface area contributed by atoms with Gasteiger partial charge >= 0.3 is 0 Å². The number of carbonyl (C=O) groups is 1. The van der Waals surface area contributed by atoms with Crippen molar-refractivity contribution in [1.29, 1.82) is 0 Å². The number of rotatable bonds is 6. The van der Waals surface area contributed by atoms with Crippen molar-refractivity contribution in [3.8, 4) is 11.5 Å². The Kier molecular flexibility index (Phi) is 6.53. The summed E-state index contributed by atoms with van der Waals surface area (Å²) >= 11 is 0. The van der Waals surface area contributed by atoms with Crippen molar-refractivity contribution in [3.05, 3.63) is 84.7 Å². The number of amides is 1. The number of nitrogens with zero attached hydrogens (tertiary/aromatic N) is 1. The molecule has 166 valence electrons. The third-order valence-corrected chi connectivity index (χ3v) is 7.19. The van der Waals surface area contributed by atoms with E-state index >= 15 is 0 Å². The van der Waals surface area contributed by atoms with Crippen LogP contribution in [0.3, 0.4) is 0 Å². The summed E-state index contributed by atoms with van der Waals surface area (Å²) in [6, 6.07) is 21.1. The lowest BCUT2D eigenvalue weighted by atomic mass is 9.99. The largest absolute Gasteiger partial charge is 0.457 e. The van der Waals surface area contributed by atoms with Crippen molar-refractivity contribution in [1.82, 2.24) is 4.31 Å². The number of piperidine rings is 1. The molecule has 0 bridgehead atoms. The number of benzene rings is 3. The smallest absolute Gasteiger partial charge is 0.243 e. The Hall–Kier alpha value is -3.23. The van der Waals surface area contributed by atoms with Gasteiger partial charge in [-0.15, -0.1) is 0 Å². The lowest BCUT2D eigenvalue weighted by Gasteiger charge is -2.31. The van der Waals surface area contributed by atoms with Crippen LogP contribution in [0.5, 0.6) is 11.5 Å². The zero-order valence-electron chi connectivity index (χ0n) is 17.3. The number of hydrogen-bond acceptors (Lipinski definition) is 4. The lowest BCUT2D eigenvalue weighted by molar-refractivity contribution is -0.120. The van der Waals surface area contributed by atoms with Crippen molar-refractivity contribution in [3.63, 3.8) is 0 Å². The van der Waals surface area contributed by atoms with E-state index in [0.717, 1.165) is 12.1 Å². The molecule has 0 unspecified atom stereocenters. The van der Waals surface area contributed by atoms with Gasteiger partial charge in [-0.25, -0.2) is 12.8 Å². The molecular formula is C24H23FN2O4S. The molecule has 3 aromatic carbocycles. The zero-order valence-corrected chi connectivity index (χ0v) is 18.1. The number of nitrogens with one attached hydrogen (secondary N) is 1. The molecular weight excluding hydrogens is 431 g/mol. The van der Waals surface area contributed by atoms with Crippen LogP contribution >= 0.6 is 0 Å². The molecule has 1 aliphatic rings. The maximum atomic E-state index is 13.2. The van der Waals surface area contributed by atoms with Gasteiger partial charge in [-0.1, -0.05) is 18.2 Å². The first-order valence-electron chi connectivity index (χ1n) is 10.3. The van der Waals surface area contributed by atoms with Gasteiger partial charge in [-0.3, -0.25) is 4.79 Å². The Labute approximate surface area is 186 Å². The molecule has 8 heteroatoms. The summed E-state index contributed by atoms with van der Waals surface area (Å²) in [5.41, 5.74) is 0.605. The minimum absolute atomic E-state index is 0.0222. The summed E-state index contributed by atoms with van der Waals surface area (Å²) < 4.78 is 45.9. The third-order valence-electron chi connectivity index (χ3n) is 5.31. The standard InChI is InChI=1S/C24H23FN2O4S/c25-19-8-14-23(15-9-19)32(29,30)27-16-4-5-18(17-27)24(28)26-20-10-12-22(13-11-20)31-21-6-2-1-3-7-21/h1-3,6-15,18H,4-5,16-17H2,(H,26,28)/t18-/m1/s1. The average Bonchev–Trinajstić information content (AvgIpc) is 2.81. The molecule has 0 spiro atoms. The van der Waals surface area contributed by atoms with Gasteiger partial charge in [-0.2, -0.15) is 4.31 Å². The lowest BCUT2D eigenvalue weighted by Crippen LogP contribution is -2.43. The molecule has 4 rings (SSSR count). The summed E-state index contributed by atoms with van der Waals surface area (Å²) in [5.74, 6) is 0.150. The molecule has 1 saturated heterocycles. The van der Waals surface area contributed by atoms with Crippen molar-refractivity contribution in [2.24, 2.45) is 5.92 Å². The van der Waals surface area contributed by atoms with E-state index in [4.69, 9.17) is 4.74 Å². The number of anilines is 1. The molecule has 0 aromatic heterocycles. The number of para-hydroxylation sites is 1. The molecule has 1 heterocycles. The Morgan fingerprint density at radius 2 is 1.59 bits per heavy atom. The number of hydrogen-bond donors (Lipinski definition) is 1. The van der Waals surface area contributed by atoms with Gasteiger partial charge in [0.25, 0.3) is 0 Å². The Balaban J connectivity index is 1.38. The van der Waals surface area contributed by atoms with Crippen molar-refractivity contribution in [2.75, 3.05) is 18.4 Å². The fourth-order valence-corrected chi connectivity index (χ4v) is 5.13. The molecule has 6 nitrogen and oxygen atoms in total. The summed E-state index contributed by atoms with van der Waals surface area (Å²) in [6.45, 7) is 0.412. The van der Waals surface area contributed by atoms with E-state index in [1.165, 1.54) is 16.4 Å². The van der Waals surface area contributed by atoms with Gasteiger partial charge < -0.3 is 10.1 Å². The van der Waals surface area contributed by atoms with Crippen molar-refractivity contribution in [2.45, 2.75) is 17.7 Å². The highest BCUT2D eigenvalue weighted by Gasteiger charge is 2.33. The van der Waals surface area contributed by atoms with Crippen molar-refractivity contribution >= 4 is 21.6 Å². The Morgan fingerprint density at radius 3 is 2.28 bits per heavy atom. The molecule has 32 heavy (non-hydrogen) atoms. The predicted molar refractivity (Wildman–Crippen MR) is 119 cm³/mol. The minimum Gasteiger partial charge on any atom is -0.457 e. The number of ether oxygens (including phenoxy) is 1. The first-order valence-corrected chi connectivity index (χ1v) is 11.8. The molecule has 1 N–H and O–H groups in total. The normalized spacial score (nSPS) is 17.0. The highest BCUT2D eigenvalue weighted by atomic mass is 32.2. The predicted octanol–water partition coefficient (Wildman–Crippen LogP) is 4.66. The van der Waals surface area contributed by atoms with Gasteiger partial charge in [0.2, 0.25) is 15.9 Å². The van der Waals surface area contributed by atoms with Crippen LogP contribution in [0.25, 0.3) is 0 Å². The van der Waals surface area contributed by atoms with Crippen LogP contribution in [0.1, 0.15) is 12.8 Å². The molecule has 3 aromatic rings. The molecule has 1 fully saturated rings. The summed E-state index contributed by atoms with van der Waals surface area (Å²) in [4.78, 5) is 12.8. The minimum atomic E-state index is -3.78. The van der Waals surface area contributed by atoms with E-state index in [2.05, 4.69) is 5.32 Å². The van der Waals surface area contributed by atoms with Crippen molar-refractivity contribution < 1.29 is 22.3 Å². The maximum absolute atomic E-state index is 13.2. The van der Waals surface area contributed by atoms with Gasteiger partial charge in [0.15, 0.2) is 0 Å². The quantitative estimate of drug-likeness (QED) is 0.588. The van der Waals surface area contributed by atoms with Crippen LogP contribution in [-0.4, -0.2) is 31.7 Å². The van der Waals surface area contributed by atoms with Crippen LogP contribution in [0.15, 0.2) is 83.8 Å². The third kappa shape index (κ3) is 5.15. The molecule has 1 aliphatic heterocycles. The van der Waals surface area contributed by atoms with Crippen LogP contribution in [0.4, 0.5) is 10.1 Å². The van der Waals surface area contributed by atoms with Crippen LogP contribution in [0, 0.1) is 11.7 Å². The fourth-order valence-electron chi connectivity index (χ4n) is 3.61. The summed E-state index contributed by atoms with van der Waals surface area (Å²) in [7, 11) is -3.78. The maximum Gasteiger partial charge on any atom is 0.243 e.